The van der Waals surface area contributed by atoms with Gasteiger partial charge in [-0.15, -0.1) is 0 Å². The number of carbonyl (C=O) groups is 1. The second kappa shape index (κ2) is 5.18. The van der Waals surface area contributed by atoms with E-state index >= 15 is 0 Å². The molecule has 0 rings (SSSR count). The lowest BCUT2D eigenvalue weighted by Gasteiger charge is -2.10. The number of nitrogens with one attached hydrogen (secondary N) is 1. The summed E-state index contributed by atoms with van der Waals surface area (Å²) in [6, 6.07) is -0.140. The smallest absolute Gasteiger partial charge is 0.304 e. The summed E-state index contributed by atoms with van der Waals surface area (Å²) in [5.74, 6) is -1.46. The molecule has 0 aliphatic rings. The van der Waals surface area contributed by atoms with E-state index in [1.807, 2.05) is 6.92 Å². The SMILES string of the molecule is CCC(C)NS(=O)(=O)CCC(=O)O. The third-order valence-corrected chi connectivity index (χ3v) is 3.08. The molecule has 0 radical (unpaired) electrons. The van der Waals surface area contributed by atoms with Gasteiger partial charge in [0.1, 0.15) is 0 Å². The maximum absolute atomic E-state index is 11.1. The molecule has 0 amide bonds. The van der Waals surface area contributed by atoms with Crippen LogP contribution in [0.1, 0.15) is 26.7 Å². The topological polar surface area (TPSA) is 83.5 Å². The summed E-state index contributed by atoms with van der Waals surface area (Å²) in [4.78, 5) is 10.1. The Morgan fingerprint density at radius 1 is 1.54 bits per heavy atom. The molecule has 1 atom stereocenters. The van der Waals surface area contributed by atoms with Gasteiger partial charge in [-0.05, 0) is 13.3 Å². The van der Waals surface area contributed by atoms with E-state index in [2.05, 4.69) is 4.72 Å². The first-order valence-electron chi connectivity index (χ1n) is 4.09. The summed E-state index contributed by atoms with van der Waals surface area (Å²) in [6.45, 7) is 3.59. The molecule has 0 saturated heterocycles. The maximum atomic E-state index is 11.1. The van der Waals surface area contributed by atoms with Gasteiger partial charge in [-0.2, -0.15) is 0 Å². The van der Waals surface area contributed by atoms with Crippen molar-refractivity contribution in [3.8, 4) is 0 Å². The lowest BCUT2D eigenvalue weighted by Crippen LogP contribution is -2.34. The van der Waals surface area contributed by atoms with Gasteiger partial charge in [0, 0.05) is 6.04 Å². The lowest BCUT2D eigenvalue weighted by atomic mass is 10.3. The fourth-order valence-electron chi connectivity index (χ4n) is 0.670. The summed E-state index contributed by atoms with van der Waals surface area (Å²) in [5, 5.41) is 8.28. The van der Waals surface area contributed by atoms with Crippen LogP contribution in [-0.4, -0.2) is 31.3 Å². The highest BCUT2D eigenvalue weighted by molar-refractivity contribution is 7.89. The van der Waals surface area contributed by atoms with E-state index in [1.165, 1.54) is 0 Å². The van der Waals surface area contributed by atoms with Crippen molar-refractivity contribution in [3.63, 3.8) is 0 Å². The zero-order valence-electron chi connectivity index (χ0n) is 7.78. The lowest BCUT2D eigenvalue weighted by molar-refractivity contribution is -0.136. The van der Waals surface area contributed by atoms with Crippen molar-refractivity contribution < 1.29 is 18.3 Å². The fourth-order valence-corrected chi connectivity index (χ4v) is 2.01. The number of carboxylic acids is 1. The van der Waals surface area contributed by atoms with Gasteiger partial charge < -0.3 is 5.11 Å². The molecule has 1 unspecified atom stereocenters. The third kappa shape index (κ3) is 6.53. The summed E-state index contributed by atoms with van der Waals surface area (Å²) < 4.78 is 24.6. The Bertz CT molecular complexity index is 260. The minimum atomic E-state index is -3.42. The Morgan fingerprint density at radius 2 is 2.08 bits per heavy atom. The summed E-state index contributed by atoms with van der Waals surface area (Å²) in [7, 11) is -3.42. The minimum Gasteiger partial charge on any atom is -0.481 e. The Balaban J connectivity index is 4.02. The molecule has 0 aromatic heterocycles. The number of hydrogen-bond acceptors (Lipinski definition) is 3. The highest BCUT2D eigenvalue weighted by Crippen LogP contribution is 1.95. The standard InChI is InChI=1S/C7H15NO4S/c1-3-6(2)8-13(11,12)5-4-7(9)10/h6,8H,3-5H2,1-2H3,(H,9,10). The quantitative estimate of drug-likeness (QED) is 0.653. The molecule has 2 N–H and O–H groups in total. The molecule has 6 heteroatoms. The molecule has 0 aromatic carbocycles. The van der Waals surface area contributed by atoms with E-state index in [1.54, 1.807) is 6.92 Å². The monoisotopic (exact) mass is 209 g/mol. The number of sulfonamides is 1. The number of rotatable bonds is 6. The fraction of sp³-hybridized carbons (Fsp3) is 0.857. The second-order valence-corrected chi connectivity index (χ2v) is 4.76. The van der Waals surface area contributed by atoms with E-state index in [-0.39, 0.29) is 18.2 Å². The van der Waals surface area contributed by atoms with Crippen LogP contribution in [0.15, 0.2) is 0 Å². The first-order valence-corrected chi connectivity index (χ1v) is 5.74. The molecule has 0 spiro atoms. The molecule has 0 aromatic rings. The number of carboxylic acid groups (broad SMARTS) is 1. The predicted molar refractivity (Wildman–Crippen MR) is 48.9 cm³/mol. The van der Waals surface area contributed by atoms with Gasteiger partial charge in [-0.1, -0.05) is 6.92 Å². The van der Waals surface area contributed by atoms with Crippen LogP contribution in [0, 0.1) is 0 Å². The zero-order valence-corrected chi connectivity index (χ0v) is 8.60. The molecule has 0 aliphatic heterocycles. The van der Waals surface area contributed by atoms with Gasteiger partial charge >= 0.3 is 5.97 Å². The highest BCUT2D eigenvalue weighted by atomic mass is 32.2. The molecule has 0 aliphatic carbocycles. The Labute approximate surface area is 78.2 Å². The molecule has 0 bridgehead atoms. The largest absolute Gasteiger partial charge is 0.481 e. The third-order valence-electron chi connectivity index (χ3n) is 1.58. The Morgan fingerprint density at radius 3 is 2.46 bits per heavy atom. The molecular formula is C7H15NO4S. The van der Waals surface area contributed by atoms with Crippen LogP contribution in [0.3, 0.4) is 0 Å². The van der Waals surface area contributed by atoms with Crippen molar-refractivity contribution in [2.75, 3.05) is 5.75 Å². The number of aliphatic carboxylic acids is 1. The molecule has 13 heavy (non-hydrogen) atoms. The van der Waals surface area contributed by atoms with Gasteiger partial charge in [0.25, 0.3) is 0 Å². The van der Waals surface area contributed by atoms with Crippen molar-refractivity contribution in [3.05, 3.63) is 0 Å². The van der Waals surface area contributed by atoms with Gasteiger partial charge in [-0.3, -0.25) is 4.79 Å². The molecular weight excluding hydrogens is 194 g/mol. The first-order chi connectivity index (χ1) is 5.87. The first kappa shape index (κ1) is 12.4. The molecule has 78 valence electrons. The average Bonchev–Trinajstić information content (AvgIpc) is 2.00. The van der Waals surface area contributed by atoms with Gasteiger partial charge in [0.05, 0.1) is 12.2 Å². The van der Waals surface area contributed by atoms with Crippen LogP contribution in [0.2, 0.25) is 0 Å². The van der Waals surface area contributed by atoms with E-state index < -0.39 is 16.0 Å². The predicted octanol–water partition coefficient (Wildman–Crippen LogP) is 0.179. The van der Waals surface area contributed by atoms with Crippen molar-refractivity contribution in [1.82, 2.24) is 4.72 Å². The highest BCUT2D eigenvalue weighted by Gasteiger charge is 2.14. The van der Waals surface area contributed by atoms with Crippen LogP contribution in [0.5, 0.6) is 0 Å². The maximum Gasteiger partial charge on any atom is 0.304 e. The minimum absolute atomic E-state index is 0.140. The summed E-state index contributed by atoms with van der Waals surface area (Å²) >= 11 is 0. The normalized spacial score (nSPS) is 14.0. The van der Waals surface area contributed by atoms with Gasteiger partial charge in [-0.25, -0.2) is 13.1 Å². The Kier molecular flexibility index (Phi) is 4.94. The number of hydrogen-bond donors (Lipinski definition) is 2. The van der Waals surface area contributed by atoms with Crippen LogP contribution >= 0.6 is 0 Å². The summed E-state index contributed by atoms with van der Waals surface area (Å²) in [5.41, 5.74) is 0. The van der Waals surface area contributed by atoms with Gasteiger partial charge in [0.2, 0.25) is 10.0 Å². The van der Waals surface area contributed by atoms with Gasteiger partial charge in [0.15, 0.2) is 0 Å². The van der Waals surface area contributed by atoms with Crippen LogP contribution in [0.4, 0.5) is 0 Å². The van der Waals surface area contributed by atoms with E-state index in [4.69, 9.17) is 5.11 Å². The van der Waals surface area contributed by atoms with E-state index in [0.717, 1.165) is 0 Å². The summed E-state index contributed by atoms with van der Waals surface area (Å²) in [6.07, 6.45) is 0.331. The van der Waals surface area contributed by atoms with Crippen molar-refractivity contribution >= 4 is 16.0 Å². The zero-order chi connectivity index (χ0) is 10.5. The van der Waals surface area contributed by atoms with Crippen LogP contribution < -0.4 is 4.72 Å². The Hall–Kier alpha value is -0.620. The van der Waals surface area contributed by atoms with E-state index in [9.17, 15) is 13.2 Å². The second-order valence-electron chi connectivity index (χ2n) is 2.89. The molecule has 0 saturated carbocycles. The van der Waals surface area contributed by atoms with Crippen molar-refractivity contribution in [1.29, 1.82) is 0 Å². The molecule has 0 fully saturated rings. The van der Waals surface area contributed by atoms with Crippen LogP contribution in [0.25, 0.3) is 0 Å². The molecule has 5 nitrogen and oxygen atoms in total. The van der Waals surface area contributed by atoms with Crippen molar-refractivity contribution in [2.24, 2.45) is 0 Å². The van der Waals surface area contributed by atoms with Crippen molar-refractivity contribution in [2.45, 2.75) is 32.7 Å². The average molecular weight is 209 g/mol. The molecule has 0 heterocycles. The van der Waals surface area contributed by atoms with E-state index in [0.29, 0.717) is 6.42 Å². The van der Waals surface area contributed by atoms with Crippen LogP contribution in [-0.2, 0) is 14.8 Å².